The van der Waals surface area contributed by atoms with E-state index in [1.807, 2.05) is 4.90 Å². The van der Waals surface area contributed by atoms with Crippen molar-refractivity contribution in [1.82, 2.24) is 10.2 Å². The average Bonchev–Trinajstić information content (AvgIpc) is 2.59. The summed E-state index contributed by atoms with van der Waals surface area (Å²) in [6.07, 6.45) is 0.815. The summed E-state index contributed by atoms with van der Waals surface area (Å²) in [5.41, 5.74) is -0.539. The van der Waals surface area contributed by atoms with Crippen molar-refractivity contribution < 1.29 is 9.53 Å². The Labute approximate surface area is 84.6 Å². The molecule has 0 aromatic heterocycles. The maximum atomic E-state index is 12.2. The van der Waals surface area contributed by atoms with Gasteiger partial charge in [-0.25, -0.2) is 0 Å². The van der Waals surface area contributed by atoms with E-state index in [0.29, 0.717) is 13.2 Å². The second-order valence-electron chi connectivity index (χ2n) is 4.36. The molecule has 0 aromatic rings. The second-order valence-corrected chi connectivity index (χ2v) is 4.36. The van der Waals surface area contributed by atoms with Gasteiger partial charge in [-0.3, -0.25) is 4.79 Å². The summed E-state index contributed by atoms with van der Waals surface area (Å²) in [7, 11) is 0. The first kappa shape index (κ1) is 9.93. The van der Waals surface area contributed by atoms with Crippen LogP contribution >= 0.6 is 0 Å². The molecule has 1 atom stereocenters. The van der Waals surface area contributed by atoms with E-state index >= 15 is 0 Å². The van der Waals surface area contributed by atoms with Gasteiger partial charge in [-0.05, 0) is 26.8 Å². The van der Waals surface area contributed by atoms with Gasteiger partial charge in [0.15, 0.2) is 5.60 Å². The number of morpholine rings is 1. The van der Waals surface area contributed by atoms with Crippen molar-refractivity contribution in [3.8, 4) is 0 Å². The minimum Gasteiger partial charge on any atom is -0.362 e. The molecule has 2 aliphatic rings. The number of nitrogens with zero attached hydrogens (tertiary/aromatic N) is 1. The van der Waals surface area contributed by atoms with E-state index in [1.54, 1.807) is 0 Å². The highest BCUT2D eigenvalue weighted by Crippen LogP contribution is 2.27. The summed E-state index contributed by atoms with van der Waals surface area (Å²) < 4.78 is 5.67. The molecule has 2 fully saturated rings. The molecule has 14 heavy (non-hydrogen) atoms. The standard InChI is InChI=1S/C10H18N2O2/c1-8(2)12-5-6-14-10(9(12)13)3-4-11-7-10/h8,11H,3-7H2,1-2H3/t10-/m0/s1. The molecule has 2 heterocycles. The summed E-state index contributed by atoms with van der Waals surface area (Å²) in [5, 5.41) is 3.20. The van der Waals surface area contributed by atoms with Gasteiger partial charge in [0.1, 0.15) is 0 Å². The van der Waals surface area contributed by atoms with Crippen LogP contribution in [0.15, 0.2) is 0 Å². The van der Waals surface area contributed by atoms with E-state index in [2.05, 4.69) is 19.2 Å². The predicted octanol–water partition coefficient (Wildman–Crippen LogP) is -0.0143. The third-order valence-corrected chi connectivity index (χ3v) is 3.10. The highest BCUT2D eigenvalue weighted by molar-refractivity contribution is 5.86. The third-order valence-electron chi connectivity index (χ3n) is 3.10. The highest BCUT2D eigenvalue weighted by Gasteiger charge is 2.47. The van der Waals surface area contributed by atoms with Gasteiger partial charge in [-0.15, -0.1) is 0 Å². The van der Waals surface area contributed by atoms with Crippen molar-refractivity contribution in [3.05, 3.63) is 0 Å². The van der Waals surface area contributed by atoms with Gasteiger partial charge in [0.25, 0.3) is 5.91 Å². The lowest BCUT2D eigenvalue weighted by atomic mass is 9.98. The first-order chi connectivity index (χ1) is 6.66. The van der Waals surface area contributed by atoms with E-state index in [0.717, 1.165) is 19.5 Å². The fraction of sp³-hybridized carbons (Fsp3) is 0.900. The monoisotopic (exact) mass is 198 g/mol. The summed E-state index contributed by atoms with van der Waals surface area (Å²) in [6, 6.07) is 0.281. The van der Waals surface area contributed by atoms with Crippen LogP contribution in [0.3, 0.4) is 0 Å². The SMILES string of the molecule is CC(C)N1CCO[C@]2(CCNC2)C1=O. The lowest BCUT2D eigenvalue weighted by Crippen LogP contribution is -2.59. The van der Waals surface area contributed by atoms with Gasteiger partial charge in [0.05, 0.1) is 6.61 Å². The van der Waals surface area contributed by atoms with Gasteiger partial charge < -0.3 is 15.0 Å². The number of rotatable bonds is 1. The molecule has 4 nitrogen and oxygen atoms in total. The molecule has 0 bridgehead atoms. The van der Waals surface area contributed by atoms with Gasteiger partial charge in [0.2, 0.25) is 0 Å². The zero-order chi connectivity index (χ0) is 10.2. The zero-order valence-corrected chi connectivity index (χ0v) is 8.88. The van der Waals surface area contributed by atoms with Gasteiger partial charge in [0, 0.05) is 19.1 Å². The quantitative estimate of drug-likeness (QED) is 0.644. The number of hydrogen-bond acceptors (Lipinski definition) is 3. The van der Waals surface area contributed by atoms with Crippen LogP contribution in [0.5, 0.6) is 0 Å². The molecule has 0 aliphatic carbocycles. The van der Waals surface area contributed by atoms with E-state index < -0.39 is 5.60 Å². The maximum absolute atomic E-state index is 12.2. The molecular formula is C10H18N2O2. The van der Waals surface area contributed by atoms with Crippen molar-refractivity contribution in [2.45, 2.75) is 31.9 Å². The van der Waals surface area contributed by atoms with E-state index in [-0.39, 0.29) is 11.9 Å². The first-order valence-electron chi connectivity index (χ1n) is 5.31. The Morgan fingerprint density at radius 3 is 2.93 bits per heavy atom. The largest absolute Gasteiger partial charge is 0.362 e. The predicted molar refractivity (Wildman–Crippen MR) is 53.0 cm³/mol. The fourth-order valence-corrected chi connectivity index (χ4v) is 2.23. The topological polar surface area (TPSA) is 41.6 Å². The number of hydrogen-bond donors (Lipinski definition) is 1. The molecule has 1 spiro atoms. The number of nitrogens with one attached hydrogen (secondary N) is 1. The fourth-order valence-electron chi connectivity index (χ4n) is 2.23. The molecule has 4 heteroatoms. The molecule has 0 aromatic carbocycles. The Morgan fingerprint density at radius 1 is 1.57 bits per heavy atom. The Kier molecular flexibility index (Phi) is 2.49. The van der Waals surface area contributed by atoms with E-state index in [9.17, 15) is 4.79 Å². The van der Waals surface area contributed by atoms with Gasteiger partial charge in [-0.2, -0.15) is 0 Å². The van der Waals surface area contributed by atoms with Crippen LogP contribution in [0, 0.1) is 0 Å². The number of ether oxygens (including phenoxy) is 1. The van der Waals surface area contributed by atoms with E-state index in [1.165, 1.54) is 0 Å². The molecule has 0 saturated carbocycles. The minimum absolute atomic E-state index is 0.170. The van der Waals surface area contributed by atoms with Gasteiger partial charge in [-0.1, -0.05) is 0 Å². The van der Waals surface area contributed by atoms with Crippen LogP contribution in [-0.2, 0) is 9.53 Å². The van der Waals surface area contributed by atoms with Crippen molar-refractivity contribution in [3.63, 3.8) is 0 Å². The van der Waals surface area contributed by atoms with Crippen molar-refractivity contribution in [1.29, 1.82) is 0 Å². The molecule has 2 saturated heterocycles. The summed E-state index contributed by atoms with van der Waals surface area (Å²) in [6.45, 7) is 7.08. The average molecular weight is 198 g/mol. The molecule has 1 N–H and O–H groups in total. The summed E-state index contributed by atoms with van der Waals surface area (Å²) in [5.74, 6) is 0.170. The van der Waals surface area contributed by atoms with Crippen LogP contribution < -0.4 is 5.32 Å². The van der Waals surface area contributed by atoms with Gasteiger partial charge >= 0.3 is 0 Å². The normalized spacial score (nSPS) is 33.4. The smallest absolute Gasteiger partial charge is 0.256 e. The molecular weight excluding hydrogens is 180 g/mol. The van der Waals surface area contributed by atoms with Crippen LogP contribution in [0.2, 0.25) is 0 Å². The Morgan fingerprint density at radius 2 is 2.36 bits per heavy atom. The second kappa shape index (κ2) is 3.51. The molecule has 80 valence electrons. The van der Waals surface area contributed by atoms with Crippen LogP contribution in [0.25, 0.3) is 0 Å². The molecule has 0 radical (unpaired) electrons. The van der Waals surface area contributed by atoms with E-state index in [4.69, 9.17) is 4.74 Å². The molecule has 2 aliphatic heterocycles. The lowest BCUT2D eigenvalue weighted by Gasteiger charge is -2.40. The summed E-state index contributed by atoms with van der Waals surface area (Å²) in [4.78, 5) is 14.1. The Bertz CT molecular complexity index is 234. The number of carbonyl (C=O) groups excluding carboxylic acids is 1. The first-order valence-corrected chi connectivity index (χ1v) is 5.31. The Hall–Kier alpha value is -0.610. The Balaban J connectivity index is 2.16. The van der Waals surface area contributed by atoms with Crippen LogP contribution in [0.4, 0.5) is 0 Å². The van der Waals surface area contributed by atoms with Crippen LogP contribution in [0.1, 0.15) is 20.3 Å². The van der Waals surface area contributed by atoms with Crippen molar-refractivity contribution in [2.24, 2.45) is 0 Å². The summed E-state index contributed by atoms with van der Waals surface area (Å²) >= 11 is 0. The highest BCUT2D eigenvalue weighted by atomic mass is 16.5. The minimum atomic E-state index is -0.539. The number of amides is 1. The molecule has 2 rings (SSSR count). The van der Waals surface area contributed by atoms with Crippen molar-refractivity contribution >= 4 is 5.91 Å². The van der Waals surface area contributed by atoms with Crippen LogP contribution in [-0.4, -0.2) is 48.7 Å². The molecule has 0 unspecified atom stereocenters. The lowest BCUT2D eigenvalue weighted by molar-refractivity contribution is -0.171. The molecule has 1 amide bonds. The number of carbonyl (C=O) groups is 1. The zero-order valence-electron chi connectivity index (χ0n) is 8.88. The van der Waals surface area contributed by atoms with Crippen molar-refractivity contribution in [2.75, 3.05) is 26.2 Å². The maximum Gasteiger partial charge on any atom is 0.256 e. The third kappa shape index (κ3) is 1.42.